The summed E-state index contributed by atoms with van der Waals surface area (Å²) >= 11 is 0. The van der Waals surface area contributed by atoms with Crippen LogP contribution < -0.4 is 0 Å². The Labute approximate surface area is 523 Å². The predicted molar refractivity (Wildman–Crippen MR) is 364 cm³/mol. The Morgan fingerprint density at radius 1 is 0.365 bits per heavy atom. The van der Waals surface area contributed by atoms with Crippen molar-refractivity contribution in [1.29, 1.82) is 0 Å². The largest absolute Gasteiger partial charge is 0.477 e. The number of carbonyl (C=O) groups is 3. The van der Waals surface area contributed by atoms with E-state index in [-0.39, 0.29) is 32.2 Å². The molecule has 9 heteroatoms. The molecule has 0 aliphatic carbocycles. The molecule has 0 aliphatic rings. The summed E-state index contributed by atoms with van der Waals surface area (Å²) < 4.78 is 23.0. The summed E-state index contributed by atoms with van der Waals surface area (Å²) in [5.74, 6) is -2.01. The van der Waals surface area contributed by atoms with Gasteiger partial charge in [-0.1, -0.05) is 283 Å². The number of rotatable bonds is 63. The quantitative estimate of drug-likeness (QED) is 0.0211. The maximum atomic E-state index is 12.9. The van der Waals surface area contributed by atoms with Crippen molar-refractivity contribution < 1.29 is 42.9 Å². The number of quaternary nitrogens is 1. The lowest BCUT2D eigenvalue weighted by Crippen LogP contribution is -2.40. The van der Waals surface area contributed by atoms with Gasteiger partial charge in [-0.15, -0.1) is 0 Å². The van der Waals surface area contributed by atoms with Crippen LogP contribution in [-0.4, -0.2) is 87.4 Å². The van der Waals surface area contributed by atoms with Gasteiger partial charge in [0.15, 0.2) is 6.10 Å². The van der Waals surface area contributed by atoms with Gasteiger partial charge in [0, 0.05) is 12.8 Å². The van der Waals surface area contributed by atoms with Gasteiger partial charge < -0.3 is 28.5 Å². The Morgan fingerprint density at radius 3 is 1.00 bits per heavy atom. The number of carboxylic acid groups (broad SMARTS) is 1. The fraction of sp³-hybridized carbons (Fsp3) is 0.697. The summed E-state index contributed by atoms with van der Waals surface area (Å²) in [5.41, 5.74) is 0. The number of allylic oxidation sites excluding steroid dienone is 20. The predicted octanol–water partition coefficient (Wildman–Crippen LogP) is 21.6. The highest BCUT2D eigenvalue weighted by atomic mass is 16.7. The van der Waals surface area contributed by atoms with Crippen molar-refractivity contribution in [2.45, 2.75) is 296 Å². The third-order valence-electron chi connectivity index (χ3n) is 14.7. The molecule has 9 nitrogen and oxygen atoms in total. The van der Waals surface area contributed by atoms with Gasteiger partial charge in [-0.2, -0.15) is 0 Å². The second-order valence-corrected chi connectivity index (χ2v) is 24.1. The summed E-state index contributed by atoms with van der Waals surface area (Å²) in [7, 11) is 5.97. The van der Waals surface area contributed by atoms with Crippen molar-refractivity contribution in [3.63, 3.8) is 0 Å². The van der Waals surface area contributed by atoms with Gasteiger partial charge in [0.05, 0.1) is 34.4 Å². The maximum absolute atomic E-state index is 12.9. The molecule has 0 saturated carbocycles. The zero-order valence-corrected chi connectivity index (χ0v) is 55.5. The summed E-state index contributed by atoms with van der Waals surface area (Å²) in [5, 5.41) is 9.75. The lowest BCUT2D eigenvalue weighted by molar-refractivity contribution is -0.870. The molecule has 0 bridgehead atoms. The van der Waals surface area contributed by atoms with Crippen LogP contribution in [0.15, 0.2) is 122 Å². The Bertz CT molecular complexity index is 1810. The van der Waals surface area contributed by atoms with Crippen molar-refractivity contribution in [1.82, 2.24) is 0 Å². The highest BCUT2D eigenvalue weighted by molar-refractivity contribution is 5.71. The van der Waals surface area contributed by atoms with Crippen molar-refractivity contribution in [3.8, 4) is 0 Å². The number of hydrogen-bond acceptors (Lipinski definition) is 7. The number of carboxylic acids is 1. The van der Waals surface area contributed by atoms with Crippen LogP contribution >= 0.6 is 0 Å². The molecule has 1 N–H and O–H groups in total. The Balaban J connectivity index is 4.15. The molecule has 0 spiro atoms. The molecule has 2 atom stereocenters. The van der Waals surface area contributed by atoms with E-state index >= 15 is 0 Å². The number of aliphatic carboxylic acids is 1. The molecule has 0 amide bonds. The summed E-state index contributed by atoms with van der Waals surface area (Å²) in [6, 6.07) is 0. The van der Waals surface area contributed by atoms with Crippen molar-refractivity contribution in [3.05, 3.63) is 122 Å². The third kappa shape index (κ3) is 67.1. The van der Waals surface area contributed by atoms with Gasteiger partial charge in [-0.05, 0) is 109 Å². The second kappa shape index (κ2) is 65.7. The van der Waals surface area contributed by atoms with E-state index in [9.17, 15) is 19.5 Å². The number of esters is 2. The molecule has 486 valence electrons. The van der Waals surface area contributed by atoms with Gasteiger partial charge in [-0.25, -0.2) is 4.79 Å². The molecule has 85 heavy (non-hydrogen) atoms. The second-order valence-electron chi connectivity index (χ2n) is 24.1. The fourth-order valence-corrected chi connectivity index (χ4v) is 9.41. The molecular formula is C76H130NO8+. The standard InChI is InChI=1S/C76H129NO8/c1-6-8-10-12-14-16-18-20-22-24-26-28-30-32-33-34-35-36-37-38-39-40-41-43-45-47-49-51-53-55-57-59-61-63-65-67-74(79)85-72(71-84-76(75(80)81)82-69-68-77(3,4)5)70-83-73(78)66-64-62-60-58-56-54-52-50-48-46-44-42-31-29-27-25-23-21-19-17-15-13-11-9-7-2/h8,10,14,16,19-22,25-28,31-33,35-36,38-39,42,72,76H,6-7,9,11-13,15,17-18,23-24,29-30,34,37,40-41,43-71H2,1-5H3/p+1/b10-8-,16-14-,21-19-,22-20-,27-25-,28-26-,33-32-,36-35-,39-38-,42-31-. The van der Waals surface area contributed by atoms with Crippen LogP contribution in [0.4, 0.5) is 0 Å². The number of likely N-dealkylation sites (N-methyl/N-ethyl adjacent to an activating group) is 1. The zero-order chi connectivity index (χ0) is 61.9. The number of unbranched alkanes of at least 4 members (excludes halogenated alkanes) is 28. The van der Waals surface area contributed by atoms with E-state index < -0.39 is 24.3 Å². The number of ether oxygens (including phenoxy) is 4. The van der Waals surface area contributed by atoms with Gasteiger partial charge >= 0.3 is 17.9 Å². The van der Waals surface area contributed by atoms with Gasteiger partial charge in [0.1, 0.15) is 13.2 Å². The molecule has 0 heterocycles. The van der Waals surface area contributed by atoms with Crippen LogP contribution in [0.1, 0.15) is 284 Å². The first-order valence-corrected chi connectivity index (χ1v) is 34.7. The van der Waals surface area contributed by atoms with E-state index in [2.05, 4.69) is 135 Å². The summed E-state index contributed by atoms with van der Waals surface area (Å²) in [6.07, 6.45) is 90.1. The molecule has 0 aromatic heterocycles. The van der Waals surface area contributed by atoms with Crippen molar-refractivity contribution >= 4 is 17.9 Å². The minimum absolute atomic E-state index is 0.182. The first-order valence-electron chi connectivity index (χ1n) is 34.7. The number of carbonyl (C=O) groups excluding carboxylic acids is 2. The van der Waals surface area contributed by atoms with Crippen LogP contribution in [0.25, 0.3) is 0 Å². The fourth-order valence-electron chi connectivity index (χ4n) is 9.41. The average molecular weight is 1190 g/mol. The molecule has 2 unspecified atom stereocenters. The van der Waals surface area contributed by atoms with E-state index in [1.54, 1.807) is 0 Å². The Morgan fingerprint density at radius 2 is 0.671 bits per heavy atom. The number of nitrogens with zero attached hydrogens (tertiary/aromatic N) is 1. The average Bonchev–Trinajstić information content (AvgIpc) is 3.48. The van der Waals surface area contributed by atoms with Crippen molar-refractivity contribution in [2.24, 2.45) is 0 Å². The molecular weight excluding hydrogens is 1050 g/mol. The van der Waals surface area contributed by atoms with Gasteiger partial charge in [-0.3, -0.25) is 9.59 Å². The van der Waals surface area contributed by atoms with Crippen LogP contribution in [-0.2, 0) is 33.3 Å². The lowest BCUT2D eigenvalue weighted by Gasteiger charge is -2.25. The normalized spacial score (nSPS) is 13.5. The minimum atomic E-state index is -1.52. The van der Waals surface area contributed by atoms with Crippen molar-refractivity contribution in [2.75, 3.05) is 47.5 Å². The van der Waals surface area contributed by atoms with Crippen LogP contribution in [0.5, 0.6) is 0 Å². The van der Waals surface area contributed by atoms with E-state index in [1.165, 1.54) is 154 Å². The Kier molecular flexibility index (Phi) is 62.3. The zero-order valence-electron chi connectivity index (χ0n) is 55.5. The maximum Gasteiger partial charge on any atom is 0.361 e. The monoisotopic (exact) mass is 1180 g/mol. The first kappa shape index (κ1) is 80.7. The summed E-state index contributed by atoms with van der Waals surface area (Å²) in [4.78, 5) is 37.6. The van der Waals surface area contributed by atoms with Gasteiger partial charge in [0.2, 0.25) is 0 Å². The first-order chi connectivity index (χ1) is 41.6. The molecule has 0 rings (SSSR count). The lowest BCUT2D eigenvalue weighted by atomic mass is 10.0. The highest BCUT2D eigenvalue weighted by Gasteiger charge is 2.25. The van der Waals surface area contributed by atoms with Gasteiger partial charge in [0.25, 0.3) is 6.29 Å². The van der Waals surface area contributed by atoms with Crippen LogP contribution in [0.2, 0.25) is 0 Å². The smallest absolute Gasteiger partial charge is 0.361 e. The molecule has 0 aliphatic heterocycles. The SMILES string of the molecule is CC/C=C\C/C=C\C/C=C\C/C=C\C/C=C\C/C=C\C/C=C\CCCCCCCCCCCCCCCC(=O)OC(COC(=O)CCCCCCCCCCCC/C=C\C/C=C\C/C=C\CCCCCCC)COC(OCC[N+](C)(C)C)C(=O)O. The number of hydrogen-bond donors (Lipinski definition) is 1. The molecule has 0 fully saturated rings. The Hall–Kier alpha value is -4.31. The van der Waals surface area contributed by atoms with Crippen LogP contribution in [0, 0.1) is 0 Å². The van der Waals surface area contributed by atoms with E-state index in [0.717, 1.165) is 96.3 Å². The van der Waals surface area contributed by atoms with E-state index in [4.69, 9.17) is 18.9 Å². The molecule has 0 radical (unpaired) electrons. The van der Waals surface area contributed by atoms with E-state index in [0.29, 0.717) is 23.9 Å². The highest BCUT2D eigenvalue weighted by Crippen LogP contribution is 2.16. The van der Waals surface area contributed by atoms with Crippen LogP contribution in [0.3, 0.4) is 0 Å². The third-order valence-corrected chi connectivity index (χ3v) is 14.7. The topological polar surface area (TPSA) is 108 Å². The molecule has 0 aromatic rings. The van der Waals surface area contributed by atoms with E-state index in [1.807, 2.05) is 21.1 Å². The molecule has 0 aromatic carbocycles. The molecule has 0 saturated heterocycles. The summed E-state index contributed by atoms with van der Waals surface area (Å²) in [6.45, 7) is 4.76. The minimum Gasteiger partial charge on any atom is -0.477 e.